The molecule has 0 aliphatic carbocycles. The van der Waals surface area contributed by atoms with Crippen LogP contribution >= 0.6 is 11.8 Å². The Kier molecular flexibility index (Phi) is 4.56. The minimum absolute atomic E-state index is 0.0964. The lowest BCUT2D eigenvalue weighted by molar-refractivity contribution is -0.384. The standard InChI is InChI=1S/C20H16N4O3S/c1-12-5-3-8-16-13(2)9-18-21-22-20(23(18)19(12)16)28-11-17(25)14-6-4-7-15(10-14)24(26)27/h3-10H,11H2,1-2H3. The zero-order valence-electron chi connectivity index (χ0n) is 15.2. The number of nitro groups is 1. The third-order valence-electron chi connectivity index (χ3n) is 4.60. The van der Waals surface area contributed by atoms with Gasteiger partial charge in [0.2, 0.25) is 0 Å². The second-order valence-corrected chi connectivity index (χ2v) is 7.44. The zero-order valence-corrected chi connectivity index (χ0v) is 16.1. The van der Waals surface area contributed by atoms with Crippen LogP contribution in [-0.4, -0.2) is 31.1 Å². The smallest absolute Gasteiger partial charge is 0.270 e. The highest BCUT2D eigenvalue weighted by atomic mass is 32.2. The fourth-order valence-corrected chi connectivity index (χ4v) is 4.07. The van der Waals surface area contributed by atoms with Gasteiger partial charge in [0.05, 0.1) is 16.2 Å². The molecular formula is C20H16N4O3S. The molecule has 0 unspecified atom stereocenters. The van der Waals surface area contributed by atoms with E-state index in [-0.39, 0.29) is 17.2 Å². The topological polar surface area (TPSA) is 90.4 Å². The molecule has 0 saturated heterocycles. The highest BCUT2D eigenvalue weighted by Gasteiger charge is 2.16. The Hall–Kier alpha value is -3.26. The summed E-state index contributed by atoms with van der Waals surface area (Å²) in [4.78, 5) is 22.9. The summed E-state index contributed by atoms with van der Waals surface area (Å²) >= 11 is 1.27. The first kappa shape index (κ1) is 18.1. The van der Waals surface area contributed by atoms with Gasteiger partial charge in [0, 0.05) is 23.1 Å². The summed E-state index contributed by atoms with van der Waals surface area (Å²) in [5.74, 6) is -0.0815. The monoisotopic (exact) mass is 392 g/mol. The summed E-state index contributed by atoms with van der Waals surface area (Å²) in [6, 6.07) is 13.8. The average Bonchev–Trinajstić information content (AvgIpc) is 3.09. The predicted octanol–water partition coefficient (Wildman–Crippen LogP) is 4.38. The van der Waals surface area contributed by atoms with Crippen LogP contribution in [0.1, 0.15) is 21.5 Å². The second kappa shape index (κ2) is 7.05. The molecule has 28 heavy (non-hydrogen) atoms. The maximum Gasteiger partial charge on any atom is 0.270 e. The normalized spacial score (nSPS) is 11.2. The molecular weight excluding hydrogens is 376 g/mol. The van der Waals surface area contributed by atoms with Crippen molar-refractivity contribution in [1.82, 2.24) is 14.6 Å². The number of carbonyl (C=O) groups is 1. The molecule has 0 bridgehead atoms. The molecule has 0 radical (unpaired) electrons. The van der Waals surface area contributed by atoms with Crippen LogP contribution < -0.4 is 0 Å². The zero-order chi connectivity index (χ0) is 19.8. The van der Waals surface area contributed by atoms with Crippen molar-refractivity contribution in [3.05, 3.63) is 75.3 Å². The van der Waals surface area contributed by atoms with E-state index >= 15 is 0 Å². The maximum atomic E-state index is 12.5. The van der Waals surface area contributed by atoms with E-state index in [0.717, 1.165) is 27.7 Å². The highest BCUT2D eigenvalue weighted by molar-refractivity contribution is 7.99. The van der Waals surface area contributed by atoms with Crippen LogP contribution in [0.3, 0.4) is 0 Å². The van der Waals surface area contributed by atoms with Gasteiger partial charge >= 0.3 is 0 Å². The third-order valence-corrected chi connectivity index (χ3v) is 5.53. The van der Waals surface area contributed by atoms with E-state index in [0.29, 0.717) is 10.7 Å². The van der Waals surface area contributed by atoms with Gasteiger partial charge in [-0.1, -0.05) is 42.1 Å². The lowest BCUT2D eigenvalue weighted by Crippen LogP contribution is -2.04. The Morgan fingerprint density at radius 2 is 1.89 bits per heavy atom. The summed E-state index contributed by atoms with van der Waals surface area (Å²) in [6.07, 6.45) is 0. The maximum absolute atomic E-state index is 12.5. The molecule has 2 heterocycles. The van der Waals surface area contributed by atoms with Gasteiger partial charge in [-0.2, -0.15) is 0 Å². The van der Waals surface area contributed by atoms with Crippen LogP contribution in [0, 0.1) is 24.0 Å². The van der Waals surface area contributed by atoms with Crippen molar-refractivity contribution in [2.45, 2.75) is 19.0 Å². The van der Waals surface area contributed by atoms with Gasteiger partial charge in [-0.3, -0.25) is 19.3 Å². The second-order valence-electron chi connectivity index (χ2n) is 6.49. The van der Waals surface area contributed by atoms with E-state index in [9.17, 15) is 14.9 Å². The number of para-hydroxylation sites is 1. The molecule has 0 spiro atoms. The lowest BCUT2D eigenvalue weighted by atomic mass is 10.1. The number of fused-ring (bicyclic) bond motifs is 3. The van der Waals surface area contributed by atoms with Crippen LogP contribution in [0.15, 0.2) is 53.7 Å². The number of thioether (sulfide) groups is 1. The van der Waals surface area contributed by atoms with Gasteiger partial charge in [0.15, 0.2) is 16.6 Å². The fraction of sp³-hybridized carbons (Fsp3) is 0.150. The molecule has 0 amide bonds. The number of rotatable bonds is 5. The summed E-state index contributed by atoms with van der Waals surface area (Å²) in [5.41, 5.74) is 4.17. The van der Waals surface area contributed by atoms with Gasteiger partial charge in [-0.15, -0.1) is 10.2 Å². The molecule has 0 aliphatic rings. The molecule has 8 heteroatoms. The number of hydrogen-bond acceptors (Lipinski definition) is 6. The highest BCUT2D eigenvalue weighted by Crippen LogP contribution is 2.28. The molecule has 4 aromatic rings. The fourth-order valence-electron chi connectivity index (χ4n) is 3.23. The predicted molar refractivity (Wildman–Crippen MR) is 108 cm³/mol. The van der Waals surface area contributed by atoms with Gasteiger partial charge in [0.1, 0.15) is 0 Å². The Bertz CT molecular complexity index is 1250. The van der Waals surface area contributed by atoms with Crippen molar-refractivity contribution in [3.63, 3.8) is 0 Å². The van der Waals surface area contributed by atoms with Gasteiger partial charge in [-0.25, -0.2) is 0 Å². The molecule has 0 fully saturated rings. The average molecular weight is 392 g/mol. The summed E-state index contributed by atoms with van der Waals surface area (Å²) in [5, 5.41) is 21.2. The first-order valence-corrected chi connectivity index (χ1v) is 9.59. The third kappa shape index (κ3) is 3.11. The lowest BCUT2D eigenvalue weighted by Gasteiger charge is -2.09. The van der Waals surface area contributed by atoms with E-state index < -0.39 is 4.92 Å². The number of benzene rings is 2. The van der Waals surface area contributed by atoms with Gasteiger partial charge in [-0.05, 0) is 31.0 Å². The Morgan fingerprint density at radius 3 is 2.68 bits per heavy atom. The number of carbonyl (C=O) groups excluding carboxylic acids is 1. The summed E-state index contributed by atoms with van der Waals surface area (Å²) < 4.78 is 1.96. The number of ketones is 1. The number of aryl methyl sites for hydroxylation is 2. The number of nitrogens with zero attached hydrogens (tertiary/aromatic N) is 4. The molecule has 0 atom stereocenters. The number of hydrogen-bond donors (Lipinski definition) is 0. The number of Topliss-reactive ketones (excluding diaryl/α,β-unsaturated/α-hetero) is 1. The SMILES string of the molecule is Cc1cc2nnc(SCC(=O)c3cccc([N+](=O)[O-])c3)n2c2c(C)cccc12. The first-order valence-electron chi connectivity index (χ1n) is 8.60. The van der Waals surface area contributed by atoms with E-state index in [1.54, 1.807) is 6.07 Å². The van der Waals surface area contributed by atoms with Crippen molar-refractivity contribution < 1.29 is 9.72 Å². The van der Waals surface area contributed by atoms with Crippen LogP contribution in [0.2, 0.25) is 0 Å². The Morgan fingerprint density at radius 1 is 1.11 bits per heavy atom. The minimum atomic E-state index is -0.507. The molecule has 0 N–H and O–H groups in total. The Balaban J connectivity index is 1.68. The quantitative estimate of drug-likeness (QED) is 0.217. The van der Waals surface area contributed by atoms with Crippen molar-refractivity contribution >= 4 is 39.8 Å². The number of nitro benzene ring substituents is 1. The van der Waals surface area contributed by atoms with Crippen LogP contribution in [-0.2, 0) is 0 Å². The number of pyridine rings is 1. The Labute approximate surface area is 164 Å². The largest absolute Gasteiger partial charge is 0.293 e. The van der Waals surface area contributed by atoms with Gasteiger partial charge < -0.3 is 0 Å². The number of aromatic nitrogens is 3. The minimum Gasteiger partial charge on any atom is -0.293 e. The van der Waals surface area contributed by atoms with Crippen LogP contribution in [0.5, 0.6) is 0 Å². The summed E-state index contributed by atoms with van der Waals surface area (Å²) in [6.45, 7) is 4.07. The first-order chi connectivity index (χ1) is 13.5. The van der Waals surface area contributed by atoms with Crippen LogP contribution in [0.4, 0.5) is 5.69 Å². The van der Waals surface area contributed by atoms with Crippen molar-refractivity contribution in [2.75, 3.05) is 5.75 Å². The molecule has 4 rings (SSSR count). The molecule has 0 aliphatic heterocycles. The van der Waals surface area contributed by atoms with Crippen molar-refractivity contribution in [3.8, 4) is 0 Å². The number of non-ortho nitro benzene ring substituents is 1. The van der Waals surface area contributed by atoms with Crippen molar-refractivity contribution in [2.24, 2.45) is 0 Å². The molecule has 2 aromatic carbocycles. The van der Waals surface area contributed by atoms with E-state index in [4.69, 9.17) is 0 Å². The molecule has 7 nitrogen and oxygen atoms in total. The molecule has 140 valence electrons. The van der Waals surface area contributed by atoms with E-state index in [2.05, 4.69) is 16.3 Å². The van der Waals surface area contributed by atoms with E-state index in [1.165, 1.54) is 30.0 Å². The summed E-state index contributed by atoms with van der Waals surface area (Å²) in [7, 11) is 0. The van der Waals surface area contributed by atoms with Crippen LogP contribution in [0.25, 0.3) is 16.6 Å². The van der Waals surface area contributed by atoms with E-state index in [1.807, 2.05) is 36.4 Å². The molecule has 0 saturated carbocycles. The van der Waals surface area contributed by atoms with Crippen molar-refractivity contribution in [1.29, 1.82) is 0 Å². The molecule has 2 aromatic heterocycles. The van der Waals surface area contributed by atoms with Gasteiger partial charge in [0.25, 0.3) is 5.69 Å².